The molecule has 3 nitrogen and oxygen atoms in total. The monoisotopic (exact) mass is 274 g/mol. The van der Waals surface area contributed by atoms with Gasteiger partial charge < -0.3 is 10.6 Å². The first kappa shape index (κ1) is 14.9. The van der Waals surface area contributed by atoms with Gasteiger partial charge in [-0.15, -0.1) is 0 Å². The number of carbonyl (C=O) groups is 1. The van der Waals surface area contributed by atoms with Crippen molar-refractivity contribution in [3.8, 4) is 0 Å². The first-order chi connectivity index (χ1) is 9.51. The second-order valence-electron chi connectivity index (χ2n) is 6.48. The molecule has 0 heterocycles. The van der Waals surface area contributed by atoms with Crippen LogP contribution in [0, 0.1) is 5.41 Å². The fourth-order valence-corrected chi connectivity index (χ4v) is 2.96. The zero-order valence-corrected chi connectivity index (χ0v) is 12.8. The summed E-state index contributed by atoms with van der Waals surface area (Å²) in [6.07, 6.45) is 5.64. The molecule has 1 fully saturated rings. The lowest BCUT2D eigenvalue weighted by Crippen LogP contribution is -2.38. The second kappa shape index (κ2) is 6.29. The van der Waals surface area contributed by atoms with Gasteiger partial charge in [-0.25, -0.2) is 0 Å². The van der Waals surface area contributed by atoms with E-state index in [0.29, 0.717) is 17.9 Å². The van der Waals surface area contributed by atoms with Crippen LogP contribution >= 0.6 is 0 Å². The molecule has 1 amide bonds. The molecule has 1 saturated carbocycles. The number of carbonyl (C=O) groups excluding carboxylic acids is 1. The van der Waals surface area contributed by atoms with E-state index in [1.165, 1.54) is 25.7 Å². The van der Waals surface area contributed by atoms with Gasteiger partial charge in [-0.3, -0.25) is 4.79 Å². The highest BCUT2D eigenvalue weighted by molar-refractivity contribution is 5.78. The zero-order valence-electron chi connectivity index (χ0n) is 12.8. The Labute approximate surface area is 122 Å². The van der Waals surface area contributed by atoms with Crippen LogP contribution in [0.4, 0.5) is 5.69 Å². The first-order valence-corrected chi connectivity index (χ1v) is 7.57. The lowest BCUT2D eigenvalue weighted by Gasteiger charge is -2.39. The van der Waals surface area contributed by atoms with Crippen molar-refractivity contribution in [1.29, 1.82) is 0 Å². The molecule has 1 aliphatic rings. The fourth-order valence-electron chi connectivity index (χ4n) is 2.96. The normalized spacial score (nSPS) is 21.2. The van der Waals surface area contributed by atoms with Gasteiger partial charge in [0, 0.05) is 18.8 Å². The average molecular weight is 274 g/mol. The number of benzene rings is 1. The van der Waals surface area contributed by atoms with Crippen molar-refractivity contribution in [1.82, 2.24) is 5.32 Å². The molecule has 1 aromatic rings. The van der Waals surface area contributed by atoms with Crippen molar-refractivity contribution in [3.05, 3.63) is 29.8 Å². The third kappa shape index (κ3) is 3.75. The minimum absolute atomic E-state index is 0.0547. The summed E-state index contributed by atoms with van der Waals surface area (Å²) in [6, 6.07) is 8.79. The maximum absolute atomic E-state index is 11.3. The quantitative estimate of drug-likeness (QED) is 0.884. The van der Waals surface area contributed by atoms with Gasteiger partial charge in [-0.2, -0.15) is 0 Å². The molecule has 2 N–H and O–H groups in total. The van der Waals surface area contributed by atoms with Crippen molar-refractivity contribution >= 4 is 11.6 Å². The van der Waals surface area contributed by atoms with E-state index in [2.05, 4.69) is 36.6 Å². The molecule has 1 unspecified atom stereocenters. The van der Waals surface area contributed by atoms with E-state index in [4.69, 9.17) is 0 Å². The largest absolute Gasteiger partial charge is 0.382 e. The third-order valence-electron chi connectivity index (χ3n) is 4.45. The van der Waals surface area contributed by atoms with Crippen LogP contribution < -0.4 is 10.6 Å². The van der Waals surface area contributed by atoms with Crippen LogP contribution in [0.1, 0.15) is 45.1 Å². The predicted molar refractivity (Wildman–Crippen MR) is 83.9 cm³/mol. The van der Waals surface area contributed by atoms with Gasteiger partial charge >= 0.3 is 0 Å². The first-order valence-electron chi connectivity index (χ1n) is 7.57. The summed E-state index contributed by atoms with van der Waals surface area (Å²) in [7, 11) is 1.67. The van der Waals surface area contributed by atoms with Crippen LogP contribution in [-0.4, -0.2) is 19.0 Å². The maximum atomic E-state index is 11.3. The zero-order chi connectivity index (χ0) is 14.6. The molecule has 110 valence electrons. The molecule has 0 saturated heterocycles. The topological polar surface area (TPSA) is 41.1 Å². The Hall–Kier alpha value is -1.51. The summed E-state index contributed by atoms with van der Waals surface area (Å²) < 4.78 is 0. The van der Waals surface area contributed by atoms with Crippen molar-refractivity contribution in [3.63, 3.8) is 0 Å². The molecule has 20 heavy (non-hydrogen) atoms. The number of hydrogen-bond acceptors (Lipinski definition) is 2. The lowest BCUT2D eigenvalue weighted by molar-refractivity contribution is -0.119. The Morgan fingerprint density at radius 2 is 1.95 bits per heavy atom. The van der Waals surface area contributed by atoms with Crippen molar-refractivity contribution < 1.29 is 4.79 Å². The molecule has 0 aromatic heterocycles. The van der Waals surface area contributed by atoms with Crippen LogP contribution in [0.3, 0.4) is 0 Å². The SMILES string of the molecule is CNC(=O)Cc1ccc(NC2CCCCC2(C)C)cc1. The van der Waals surface area contributed by atoms with Gasteiger partial charge in [0.1, 0.15) is 0 Å². The van der Waals surface area contributed by atoms with Crippen molar-refractivity contribution in [2.24, 2.45) is 5.41 Å². The summed E-state index contributed by atoms with van der Waals surface area (Å²) >= 11 is 0. The molecule has 0 bridgehead atoms. The van der Waals surface area contributed by atoms with Crippen molar-refractivity contribution in [2.75, 3.05) is 12.4 Å². The van der Waals surface area contributed by atoms with Crippen LogP contribution in [0.2, 0.25) is 0 Å². The highest BCUT2D eigenvalue weighted by atomic mass is 16.1. The van der Waals surface area contributed by atoms with Crippen LogP contribution in [0.25, 0.3) is 0 Å². The molecule has 0 aliphatic heterocycles. The van der Waals surface area contributed by atoms with Gasteiger partial charge in [0.15, 0.2) is 0 Å². The molecule has 0 radical (unpaired) electrons. The summed E-state index contributed by atoms with van der Waals surface area (Å²) in [5.74, 6) is 0.0547. The van der Waals surface area contributed by atoms with Gasteiger partial charge in [0.2, 0.25) is 5.91 Å². The minimum atomic E-state index is 0.0547. The van der Waals surface area contributed by atoms with E-state index in [1.54, 1.807) is 7.05 Å². The number of rotatable bonds is 4. The molecule has 1 aromatic carbocycles. The molecule has 3 heteroatoms. The Kier molecular flexibility index (Phi) is 4.69. The Bertz CT molecular complexity index is 451. The fraction of sp³-hybridized carbons (Fsp3) is 0.588. The minimum Gasteiger partial charge on any atom is -0.382 e. The van der Waals surface area contributed by atoms with Crippen LogP contribution in [-0.2, 0) is 11.2 Å². The Morgan fingerprint density at radius 3 is 2.55 bits per heavy atom. The van der Waals surface area contributed by atoms with E-state index in [1.807, 2.05) is 12.1 Å². The van der Waals surface area contributed by atoms with Crippen LogP contribution in [0.5, 0.6) is 0 Å². The van der Waals surface area contributed by atoms with Gasteiger partial charge in [-0.1, -0.05) is 38.8 Å². The number of amides is 1. The highest BCUT2D eigenvalue weighted by Crippen LogP contribution is 2.37. The molecule has 2 rings (SSSR count). The van der Waals surface area contributed by atoms with E-state index >= 15 is 0 Å². The molecule has 1 atom stereocenters. The molecular weight excluding hydrogens is 248 g/mol. The predicted octanol–water partition coefficient (Wildman–Crippen LogP) is 3.36. The number of hydrogen-bond donors (Lipinski definition) is 2. The smallest absolute Gasteiger partial charge is 0.224 e. The molecule has 0 spiro atoms. The van der Waals surface area contributed by atoms with E-state index < -0.39 is 0 Å². The highest BCUT2D eigenvalue weighted by Gasteiger charge is 2.31. The van der Waals surface area contributed by atoms with E-state index in [9.17, 15) is 4.79 Å². The van der Waals surface area contributed by atoms with Gasteiger partial charge in [0.05, 0.1) is 6.42 Å². The van der Waals surface area contributed by atoms with E-state index in [-0.39, 0.29) is 5.91 Å². The number of nitrogens with one attached hydrogen (secondary N) is 2. The van der Waals surface area contributed by atoms with Gasteiger partial charge in [-0.05, 0) is 36.0 Å². The lowest BCUT2D eigenvalue weighted by atomic mass is 9.73. The average Bonchev–Trinajstić information content (AvgIpc) is 2.43. The number of anilines is 1. The second-order valence-corrected chi connectivity index (χ2v) is 6.48. The third-order valence-corrected chi connectivity index (χ3v) is 4.45. The summed E-state index contributed by atoms with van der Waals surface area (Å²) in [6.45, 7) is 4.70. The summed E-state index contributed by atoms with van der Waals surface area (Å²) in [5.41, 5.74) is 2.57. The summed E-state index contributed by atoms with van der Waals surface area (Å²) in [5, 5.41) is 6.32. The van der Waals surface area contributed by atoms with Crippen molar-refractivity contribution in [2.45, 2.75) is 52.0 Å². The maximum Gasteiger partial charge on any atom is 0.224 e. The Morgan fingerprint density at radius 1 is 1.25 bits per heavy atom. The number of likely N-dealkylation sites (N-methyl/N-ethyl adjacent to an activating group) is 1. The standard InChI is InChI=1S/C17H26N2O/c1-17(2)11-5-4-6-15(17)19-14-9-7-13(8-10-14)12-16(20)18-3/h7-10,15,19H,4-6,11-12H2,1-3H3,(H,18,20). The van der Waals surface area contributed by atoms with Gasteiger partial charge in [0.25, 0.3) is 0 Å². The van der Waals surface area contributed by atoms with Crippen LogP contribution in [0.15, 0.2) is 24.3 Å². The summed E-state index contributed by atoms with van der Waals surface area (Å²) in [4.78, 5) is 11.3. The van der Waals surface area contributed by atoms with E-state index in [0.717, 1.165) is 11.3 Å². The molecular formula is C17H26N2O. The molecule has 1 aliphatic carbocycles. The Balaban J connectivity index is 1.98.